The maximum absolute atomic E-state index is 13.9. The third kappa shape index (κ3) is 3.11. The quantitative estimate of drug-likeness (QED) is 0.839. The monoisotopic (exact) mass is 288 g/mol. The molecule has 108 valence electrons. The highest BCUT2D eigenvalue weighted by atomic mass is 19.1. The highest BCUT2D eigenvalue weighted by Gasteiger charge is 2.18. The molecule has 2 aromatic rings. The lowest BCUT2D eigenvalue weighted by atomic mass is 10.0. The smallest absolute Gasteiger partial charge is 0.131 e. The molecule has 2 rings (SSSR count). The molecule has 21 heavy (non-hydrogen) atoms. The first-order chi connectivity index (χ1) is 9.92. The molecule has 0 aromatic heterocycles. The van der Waals surface area contributed by atoms with E-state index >= 15 is 0 Å². The predicted octanol–water partition coefficient (Wildman–Crippen LogP) is 4.02. The Kier molecular flexibility index (Phi) is 4.08. The molecule has 0 saturated carbocycles. The first kappa shape index (κ1) is 14.8. The Labute approximate surface area is 121 Å². The summed E-state index contributed by atoms with van der Waals surface area (Å²) in [5.74, 6) is -1.31. The summed E-state index contributed by atoms with van der Waals surface area (Å²) in [7, 11) is 0. The molecule has 2 N–H and O–H groups in total. The summed E-state index contributed by atoms with van der Waals surface area (Å²) in [4.78, 5) is 0. The van der Waals surface area contributed by atoms with Crippen LogP contribution in [0.3, 0.4) is 0 Å². The lowest BCUT2D eigenvalue weighted by molar-refractivity contribution is 0.475. The van der Waals surface area contributed by atoms with Crippen molar-refractivity contribution in [1.29, 1.82) is 5.26 Å². The molecule has 3 nitrogen and oxygen atoms in total. The average molecular weight is 288 g/mol. The summed E-state index contributed by atoms with van der Waals surface area (Å²) in [5, 5.41) is 21.3. The fourth-order valence-electron chi connectivity index (χ4n) is 2.18. The Morgan fingerprint density at radius 3 is 2.38 bits per heavy atom. The van der Waals surface area contributed by atoms with E-state index in [-0.39, 0.29) is 16.9 Å². The number of nitrogens with one attached hydrogen (secondary N) is 1. The van der Waals surface area contributed by atoms with Gasteiger partial charge >= 0.3 is 0 Å². The fraction of sp³-hybridized carbons (Fsp3) is 0.188. The summed E-state index contributed by atoms with van der Waals surface area (Å²) < 4.78 is 27.9. The van der Waals surface area contributed by atoms with Crippen molar-refractivity contribution in [2.75, 3.05) is 5.32 Å². The summed E-state index contributed by atoms with van der Waals surface area (Å²) >= 11 is 0. The predicted molar refractivity (Wildman–Crippen MR) is 76.0 cm³/mol. The highest BCUT2D eigenvalue weighted by Crippen LogP contribution is 2.28. The molecule has 1 atom stereocenters. The molecule has 5 heteroatoms. The van der Waals surface area contributed by atoms with Gasteiger partial charge < -0.3 is 10.4 Å². The zero-order valence-corrected chi connectivity index (χ0v) is 11.6. The van der Waals surface area contributed by atoms with Gasteiger partial charge in [-0.05, 0) is 49.7 Å². The van der Waals surface area contributed by atoms with E-state index in [4.69, 9.17) is 5.26 Å². The number of phenols is 1. The number of aromatic hydroxyl groups is 1. The molecule has 0 amide bonds. The van der Waals surface area contributed by atoms with Gasteiger partial charge in [0, 0.05) is 5.56 Å². The summed E-state index contributed by atoms with van der Waals surface area (Å²) in [6.45, 7) is 3.21. The van der Waals surface area contributed by atoms with Crippen molar-refractivity contribution in [3.8, 4) is 11.8 Å². The zero-order chi connectivity index (χ0) is 15.6. The molecule has 0 aliphatic heterocycles. The van der Waals surface area contributed by atoms with E-state index in [1.165, 1.54) is 30.3 Å². The number of hydrogen-bond acceptors (Lipinski definition) is 3. The van der Waals surface area contributed by atoms with Crippen molar-refractivity contribution in [2.24, 2.45) is 0 Å². The second-order valence-corrected chi connectivity index (χ2v) is 4.85. The van der Waals surface area contributed by atoms with E-state index < -0.39 is 17.7 Å². The second kappa shape index (κ2) is 5.80. The van der Waals surface area contributed by atoms with Crippen molar-refractivity contribution in [3.63, 3.8) is 0 Å². The van der Waals surface area contributed by atoms with Crippen LogP contribution in [-0.2, 0) is 0 Å². The van der Waals surface area contributed by atoms with Crippen molar-refractivity contribution in [1.82, 2.24) is 0 Å². The van der Waals surface area contributed by atoms with Crippen LogP contribution < -0.4 is 5.32 Å². The van der Waals surface area contributed by atoms with Crippen LogP contribution in [0.25, 0.3) is 0 Å². The van der Waals surface area contributed by atoms with Crippen LogP contribution in [0.2, 0.25) is 0 Å². The Hall–Kier alpha value is -2.61. The minimum Gasteiger partial charge on any atom is -0.508 e. The summed E-state index contributed by atoms with van der Waals surface area (Å²) in [6, 6.07) is 7.97. The van der Waals surface area contributed by atoms with Crippen LogP contribution in [0.4, 0.5) is 14.5 Å². The van der Waals surface area contributed by atoms with Crippen LogP contribution in [0.15, 0.2) is 30.3 Å². The van der Waals surface area contributed by atoms with E-state index in [1.807, 2.05) is 6.07 Å². The van der Waals surface area contributed by atoms with E-state index in [9.17, 15) is 13.9 Å². The number of anilines is 1. The molecule has 2 aromatic carbocycles. The normalized spacial score (nSPS) is 11.8. The third-order valence-corrected chi connectivity index (χ3v) is 3.15. The van der Waals surface area contributed by atoms with Gasteiger partial charge in [0.1, 0.15) is 23.5 Å². The number of rotatable bonds is 3. The zero-order valence-electron chi connectivity index (χ0n) is 11.6. The largest absolute Gasteiger partial charge is 0.508 e. The number of halogens is 2. The first-order valence-corrected chi connectivity index (χ1v) is 6.37. The minimum absolute atomic E-state index is 0.0440. The number of phenolic OH excluding ortho intramolecular Hbond substituents is 1. The van der Waals surface area contributed by atoms with E-state index in [1.54, 1.807) is 13.8 Å². The van der Waals surface area contributed by atoms with Crippen molar-refractivity contribution >= 4 is 5.69 Å². The topological polar surface area (TPSA) is 56.0 Å². The molecule has 0 fully saturated rings. The fourth-order valence-corrected chi connectivity index (χ4v) is 2.18. The highest BCUT2D eigenvalue weighted by molar-refractivity contribution is 5.60. The number of benzene rings is 2. The number of hydrogen-bond donors (Lipinski definition) is 2. The number of nitriles is 1. The van der Waals surface area contributed by atoms with Crippen molar-refractivity contribution < 1.29 is 13.9 Å². The standard InChI is InChI=1S/C16H14F2N2O/c1-9-5-13(17)16(14(18)6-9)10(2)20-15-4-3-12(21)7-11(15)8-19/h3-7,10,20-21H,1-2H3/t10-/m1/s1. The second-order valence-electron chi connectivity index (χ2n) is 4.85. The SMILES string of the molecule is Cc1cc(F)c([C@@H](C)Nc2ccc(O)cc2C#N)c(F)c1. The van der Waals surface area contributed by atoms with Crippen LogP contribution >= 0.6 is 0 Å². The summed E-state index contributed by atoms with van der Waals surface area (Å²) in [6.07, 6.45) is 0. The van der Waals surface area contributed by atoms with E-state index in [0.29, 0.717) is 11.3 Å². The maximum atomic E-state index is 13.9. The lowest BCUT2D eigenvalue weighted by Gasteiger charge is -2.18. The molecular formula is C16H14F2N2O. The third-order valence-electron chi connectivity index (χ3n) is 3.15. The van der Waals surface area contributed by atoms with Crippen molar-refractivity contribution in [2.45, 2.75) is 19.9 Å². The van der Waals surface area contributed by atoms with Gasteiger partial charge in [-0.25, -0.2) is 8.78 Å². The van der Waals surface area contributed by atoms with Gasteiger partial charge in [-0.1, -0.05) is 0 Å². The minimum atomic E-state index is -0.665. The van der Waals surface area contributed by atoms with Gasteiger partial charge in [-0.3, -0.25) is 0 Å². The van der Waals surface area contributed by atoms with Gasteiger partial charge in [-0.15, -0.1) is 0 Å². The van der Waals surface area contributed by atoms with Crippen LogP contribution in [0.1, 0.15) is 29.7 Å². The van der Waals surface area contributed by atoms with Crippen LogP contribution in [-0.4, -0.2) is 5.11 Å². The number of aryl methyl sites for hydroxylation is 1. The Balaban J connectivity index is 2.35. The Morgan fingerprint density at radius 2 is 1.81 bits per heavy atom. The van der Waals surface area contributed by atoms with Gasteiger partial charge in [0.05, 0.1) is 17.3 Å². The first-order valence-electron chi connectivity index (χ1n) is 6.37. The average Bonchev–Trinajstić information content (AvgIpc) is 2.39. The van der Waals surface area contributed by atoms with E-state index in [0.717, 1.165) is 0 Å². The number of nitrogens with zero attached hydrogens (tertiary/aromatic N) is 1. The van der Waals surface area contributed by atoms with Gasteiger partial charge in [0.15, 0.2) is 0 Å². The molecule has 0 spiro atoms. The molecule has 0 bridgehead atoms. The van der Waals surface area contributed by atoms with E-state index in [2.05, 4.69) is 5.32 Å². The lowest BCUT2D eigenvalue weighted by Crippen LogP contribution is -2.12. The molecular weight excluding hydrogens is 274 g/mol. The molecule has 0 unspecified atom stereocenters. The molecule has 0 aliphatic rings. The van der Waals surface area contributed by atoms with Crippen LogP contribution in [0, 0.1) is 29.9 Å². The molecule has 0 saturated heterocycles. The maximum Gasteiger partial charge on any atom is 0.131 e. The van der Waals surface area contributed by atoms with Crippen LogP contribution in [0.5, 0.6) is 5.75 Å². The van der Waals surface area contributed by atoms with Gasteiger partial charge in [0.2, 0.25) is 0 Å². The molecule has 0 heterocycles. The Bertz CT molecular complexity index is 700. The van der Waals surface area contributed by atoms with Crippen molar-refractivity contribution in [3.05, 3.63) is 58.7 Å². The Morgan fingerprint density at radius 1 is 1.19 bits per heavy atom. The summed E-state index contributed by atoms with van der Waals surface area (Å²) in [5.41, 5.74) is 1.03. The molecule has 0 aliphatic carbocycles. The van der Waals surface area contributed by atoms with Gasteiger partial charge in [0.25, 0.3) is 0 Å². The van der Waals surface area contributed by atoms with Gasteiger partial charge in [-0.2, -0.15) is 5.26 Å². The molecule has 0 radical (unpaired) electrons.